The van der Waals surface area contributed by atoms with Gasteiger partial charge < -0.3 is 25.3 Å². The predicted molar refractivity (Wildman–Crippen MR) is 135 cm³/mol. The summed E-state index contributed by atoms with van der Waals surface area (Å²) in [7, 11) is 1.50. The number of alkyl halides is 2. The molecular weight excluding hydrogens is 534 g/mol. The Morgan fingerprint density at radius 1 is 1.30 bits per heavy atom. The van der Waals surface area contributed by atoms with Crippen molar-refractivity contribution >= 4 is 28.7 Å². The highest BCUT2D eigenvalue weighted by molar-refractivity contribution is 6.00. The average Bonchev–Trinajstić information content (AvgIpc) is 3.36. The number of fused-ring (bicyclic) bond motifs is 1. The smallest absolute Gasteiger partial charge is 0.345 e. The van der Waals surface area contributed by atoms with Crippen molar-refractivity contribution in [2.45, 2.75) is 44.0 Å². The molecular formula is C26H25F4N7O3. The Morgan fingerprint density at radius 2 is 2.05 bits per heavy atom. The molecule has 2 aliphatic rings. The van der Waals surface area contributed by atoms with Crippen molar-refractivity contribution in [1.82, 2.24) is 24.2 Å². The number of likely N-dealkylation sites (tertiary alicyclic amines) is 1. The third-order valence-electron chi connectivity index (χ3n) is 7.01. The number of aromatic nitrogens is 4. The fourth-order valence-electron chi connectivity index (χ4n) is 5.04. The van der Waals surface area contributed by atoms with Crippen LogP contribution in [0.15, 0.2) is 25.0 Å². The van der Waals surface area contributed by atoms with Crippen LogP contribution in [0.3, 0.4) is 0 Å². The largest absolute Gasteiger partial charge is 0.373 e. The molecule has 40 heavy (non-hydrogen) atoms. The van der Waals surface area contributed by atoms with Crippen LogP contribution in [-0.2, 0) is 9.53 Å². The first-order valence-corrected chi connectivity index (χ1v) is 12.4. The molecule has 0 spiro atoms. The molecule has 5 rings (SSSR count). The van der Waals surface area contributed by atoms with E-state index in [2.05, 4.69) is 38.6 Å². The molecule has 1 aliphatic heterocycles. The summed E-state index contributed by atoms with van der Waals surface area (Å²) >= 11 is 0. The van der Waals surface area contributed by atoms with E-state index in [4.69, 9.17) is 5.73 Å². The lowest BCUT2D eigenvalue weighted by atomic mass is 10.1. The van der Waals surface area contributed by atoms with E-state index in [1.807, 2.05) is 0 Å². The van der Waals surface area contributed by atoms with Crippen LogP contribution in [0, 0.1) is 23.5 Å². The summed E-state index contributed by atoms with van der Waals surface area (Å²) in [5, 5.41) is 7.19. The van der Waals surface area contributed by atoms with Gasteiger partial charge in [-0.3, -0.25) is 9.59 Å². The van der Waals surface area contributed by atoms with Crippen molar-refractivity contribution in [3.8, 4) is 11.8 Å². The zero-order valence-corrected chi connectivity index (χ0v) is 21.3. The molecule has 1 saturated carbocycles. The third kappa shape index (κ3) is 4.88. The molecule has 2 fully saturated rings. The maximum Gasteiger partial charge on any atom is 0.345 e. The van der Waals surface area contributed by atoms with Gasteiger partial charge in [-0.15, -0.1) is 0 Å². The zero-order chi connectivity index (χ0) is 28.7. The maximum atomic E-state index is 15.3. The third-order valence-corrected chi connectivity index (χ3v) is 7.01. The first-order valence-electron chi connectivity index (χ1n) is 12.4. The number of halogens is 4. The van der Waals surface area contributed by atoms with Gasteiger partial charge in [-0.1, -0.05) is 12.5 Å². The second-order valence-corrected chi connectivity index (χ2v) is 9.51. The van der Waals surface area contributed by atoms with E-state index < -0.39 is 54.3 Å². The second kappa shape index (κ2) is 10.6. The second-order valence-electron chi connectivity index (χ2n) is 9.51. The van der Waals surface area contributed by atoms with Crippen molar-refractivity contribution in [2.75, 3.05) is 25.5 Å². The first kappa shape index (κ1) is 27.2. The van der Waals surface area contributed by atoms with E-state index in [-0.39, 0.29) is 41.6 Å². The van der Waals surface area contributed by atoms with Gasteiger partial charge in [-0.25, -0.2) is 18.4 Å². The van der Waals surface area contributed by atoms with Crippen molar-refractivity contribution in [2.24, 2.45) is 5.73 Å². The van der Waals surface area contributed by atoms with Gasteiger partial charge in [0.15, 0.2) is 11.5 Å². The van der Waals surface area contributed by atoms with Crippen molar-refractivity contribution < 1.29 is 31.9 Å². The summed E-state index contributed by atoms with van der Waals surface area (Å²) in [6.07, 6.45) is 4.48. The molecule has 0 radical (unpaired) electrons. The molecule has 2 aromatic heterocycles. The number of carbonyl (C=O) groups excluding carboxylic acids is 2. The van der Waals surface area contributed by atoms with E-state index in [1.165, 1.54) is 29.0 Å². The molecule has 3 aromatic rings. The van der Waals surface area contributed by atoms with Crippen molar-refractivity contribution in [3.63, 3.8) is 0 Å². The van der Waals surface area contributed by atoms with Gasteiger partial charge in [-0.05, 0) is 31.3 Å². The molecule has 1 aliphatic carbocycles. The zero-order valence-electron chi connectivity index (χ0n) is 21.3. The fourth-order valence-corrected chi connectivity index (χ4v) is 5.04. The molecule has 210 valence electrons. The van der Waals surface area contributed by atoms with Crippen molar-refractivity contribution in [3.05, 3.63) is 53.5 Å². The van der Waals surface area contributed by atoms with Crippen LogP contribution in [-0.4, -0.2) is 68.9 Å². The molecule has 1 saturated heterocycles. The number of amides is 2. The molecule has 10 nitrogen and oxygen atoms in total. The highest BCUT2D eigenvalue weighted by Crippen LogP contribution is 2.38. The molecule has 0 unspecified atom stereocenters. The number of imidazole rings is 1. The van der Waals surface area contributed by atoms with Crippen LogP contribution in [0.25, 0.3) is 11.0 Å². The highest BCUT2D eigenvalue weighted by atomic mass is 19.3. The maximum absolute atomic E-state index is 15.3. The number of hydrogen-bond acceptors (Lipinski definition) is 6. The van der Waals surface area contributed by atoms with Gasteiger partial charge >= 0.3 is 6.61 Å². The van der Waals surface area contributed by atoms with E-state index >= 15 is 4.39 Å². The number of nitrogens with one attached hydrogen (secondary N) is 1. The van der Waals surface area contributed by atoms with Gasteiger partial charge in [0.1, 0.15) is 22.7 Å². The van der Waals surface area contributed by atoms with Gasteiger partial charge in [0.05, 0.1) is 36.1 Å². The van der Waals surface area contributed by atoms with Crippen LogP contribution >= 0.6 is 0 Å². The Hall–Kier alpha value is -4.38. The first-order chi connectivity index (χ1) is 19.1. The van der Waals surface area contributed by atoms with Gasteiger partial charge in [-0.2, -0.15) is 13.9 Å². The Labute approximate surface area is 225 Å². The standard InChI is InChI=1S/C26H25F4N7O3/c1-3-20(38)35-10-14(8-15(35)11-40-26(29)30)37-25(32-2)21(24(31)39)18(34-37)7-6-16-17(27)9-19-23(22(16)28)33-12-36(19)13-4-5-13/h3,9,12-15,26,32H,1,4-5,8,10-11H2,2H3,(H2,31,39)/t14-,15+/m0/s1. The van der Waals surface area contributed by atoms with Gasteiger partial charge in [0.2, 0.25) is 5.91 Å². The number of anilines is 1. The normalized spacial score (nSPS) is 18.7. The fraction of sp³-hybridized carbons (Fsp3) is 0.385. The minimum atomic E-state index is -3.02. The number of benzene rings is 1. The molecule has 3 N–H and O–H groups in total. The molecule has 2 amide bonds. The quantitative estimate of drug-likeness (QED) is 0.249. The number of hydrogen-bond donors (Lipinski definition) is 2. The Bertz CT molecular complexity index is 1570. The SMILES string of the molecule is C=CC(=O)N1C[C@@H](n2nc(C#Cc3c(F)cc4c(ncn4C4CC4)c3F)c(C(N)=O)c2NC)C[C@@H]1COC(F)F. The summed E-state index contributed by atoms with van der Waals surface area (Å²) in [5.74, 6) is 1.89. The minimum absolute atomic E-state index is 0.0239. The summed E-state index contributed by atoms with van der Waals surface area (Å²) in [5.41, 5.74) is 5.07. The number of ether oxygens (including phenoxy) is 1. The average molecular weight is 560 g/mol. The molecule has 0 bridgehead atoms. The van der Waals surface area contributed by atoms with Gasteiger partial charge in [0.25, 0.3) is 5.91 Å². The topological polar surface area (TPSA) is 120 Å². The molecule has 14 heteroatoms. The van der Waals surface area contributed by atoms with Gasteiger partial charge in [0, 0.05) is 25.7 Å². The summed E-state index contributed by atoms with van der Waals surface area (Å²) in [4.78, 5) is 30.2. The Morgan fingerprint density at radius 3 is 2.67 bits per heavy atom. The van der Waals surface area contributed by atoms with E-state index in [0.717, 1.165) is 18.9 Å². The lowest BCUT2D eigenvalue weighted by Gasteiger charge is -2.22. The highest BCUT2D eigenvalue weighted by Gasteiger charge is 2.38. The minimum Gasteiger partial charge on any atom is -0.373 e. The number of rotatable bonds is 8. The number of primary amides is 1. The van der Waals surface area contributed by atoms with E-state index in [9.17, 15) is 22.8 Å². The Balaban J connectivity index is 1.52. The predicted octanol–water partition coefficient (Wildman–Crippen LogP) is 2.95. The molecule has 3 heterocycles. The molecule has 2 atom stereocenters. The Kier molecular flexibility index (Phi) is 7.24. The van der Waals surface area contributed by atoms with Crippen LogP contribution in [0.1, 0.15) is 53.0 Å². The van der Waals surface area contributed by atoms with E-state index in [0.29, 0.717) is 5.52 Å². The van der Waals surface area contributed by atoms with Crippen molar-refractivity contribution in [1.29, 1.82) is 0 Å². The number of nitrogens with two attached hydrogens (primary N) is 1. The van der Waals surface area contributed by atoms with Crippen LogP contribution < -0.4 is 11.1 Å². The molecule has 1 aromatic carbocycles. The number of carbonyl (C=O) groups is 2. The number of nitrogens with zero attached hydrogens (tertiary/aromatic N) is 5. The lowest BCUT2D eigenvalue weighted by molar-refractivity contribution is -0.146. The van der Waals surface area contributed by atoms with E-state index in [1.54, 1.807) is 4.57 Å². The summed E-state index contributed by atoms with van der Waals surface area (Å²) in [6.45, 7) is 0.0217. The van der Waals surface area contributed by atoms with Crippen LogP contribution in [0.5, 0.6) is 0 Å². The summed E-state index contributed by atoms with van der Waals surface area (Å²) < 4.78 is 63.1. The monoisotopic (exact) mass is 559 g/mol. The van der Waals surface area contributed by atoms with Crippen LogP contribution in [0.2, 0.25) is 0 Å². The lowest BCUT2D eigenvalue weighted by Crippen LogP contribution is -2.37. The summed E-state index contributed by atoms with van der Waals surface area (Å²) in [6, 6.07) is 0.0153. The van der Waals surface area contributed by atoms with Crippen LogP contribution in [0.4, 0.5) is 23.4 Å².